The molecule has 0 heterocycles. The third-order valence-electron chi connectivity index (χ3n) is 5.62. The third-order valence-corrected chi connectivity index (χ3v) is 5.62. The predicted molar refractivity (Wildman–Crippen MR) is 83.3 cm³/mol. The molecule has 0 aromatic heterocycles. The fourth-order valence-electron chi connectivity index (χ4n) is 4.13. The molecule has 20 heavy (non-hydrogen) atoms. The van der Waals surface area contributed by atoms with Crippen molar-refractivity contribution < 1.29 is 4.79 Å². The van der Waals surface area contributed by atoms with Crippen LogP contribution in [0.5, 0.6) is 0 Å². The largest absolute Gasteiger partial charge is 0.353 e. The van der Waals surface area contributed by atoms with Gasteiger partial charge in [0.2, 0.25) is 5.91 Å². The molecule has 0 bridgehead atoms. The first-order valence-corrected chi connectivity index (χ1v) is 8.69. The summed E-state index contributed by atoms with van der Waals surface area (Å²) in [5.74, 6) is 1.43. The molecule has 0 aromatic rings. The molecule has 2 aliphatic carbocycles. The highest BCUT2D eigenvalue weighted by molar-refractivity contribution is 5.79. The number of hydrogen-bond acceptors (Lipinski definition) is 2. The van der Waals surface area contributed by atoms with Crippen molar-refractivity contribution in [2.45, 2.75) is 83.7 Å². The van der Waals surface area contributed by atoms with Crippen molar-refractivity contribution >= 4 is 5.91 Å². The van der Waals surface area contributed by atoms with Crippen LogP contribution in [0.25, 0.3) is 0 Å². The molecule has 0 radical (unpaired) electrons. The van der Waals surface area contributed by atoms with Crippen LogP contribution >= 0.6 is 0 Å². The number of nitrogens with two attached hydrogens (primary N) is 1. The summed E-state index contributed by atoms with van der Waals surface area (Å²) in [7, 11) is 0. The lowest BCUT2D eigenvalue weighted by Crippen LogP contribution is -2.51. The van der Waals surface area contributed by atoms with E-state index in [9.17, 15) is 4.79 Å². The number of nitrogens with one attached hydrogen (secondary N) is 1. The summed E-state index contributed by atoms with van der Waals surface area (Å²) in [6.07, 6.45) is 10.9. The number of rotatable bonds is 4. The maximum Gasteiger partial charge on any atom is 0.224 e. The van der Waals surface area contributed by atoms with Crippen LogP contribution in [-0.2, 0) is 4.79 Å². The van der Waals surface area contributed by atoms with E-state index in [4.69, 9.17) is 5.73 Å². The molecule has 0 spiro atoms. The maximum absolute atomic E-state index is 12.6. The van der Waals surface area contributed by atoms with Crippen LogP contribution in [0.1, 0.15) is 71.6 Å². The molecule has 4 atom stereocenters. The van der Waals surface area contributed by atoms with Crippen LogP contribution in [0.15, 0.2) is 0 Å². The average molecular weight is 280 g/mol. The zero-order valence-electron chi connectivity index (χ0n) is 13.2. The second-order valence-electron chi connectivity index (χ2n) is 7.01. The molecule has 2 saturated carbocycles. The van der Waals surface area contributed by atoms with Gasteiger partial charge in [0.25, 0.3) is 0 Å². The van der Waals surface area contributed by atoms with Gasteiger partial charge in [-0.1, -0.05) is 39.5 Å². The summed E-state index contributed by atoms with van der Waals surface area (Å²) in [5, 5.41) is 3.34. The number of carbonyl (C=O) groups excluding carboxylic acids is 1. The van der Waals surface area contributed by atoms with Crippen LogP contribution in [0.3, 0.4) is 0 Å². The quantitative estimate of drug-likeness (QED) is 0.830. The molecule has 116 valence electrons. The van der Waals surface area contributed by atoms with Gasteiger partial charge < -0.3 is 11.1 Å². The molecule has 3 nitrogen and oxygen atoms in total. The van der Waals surface area contributed by atoms with Gasteiger partial charge in [0.05, 0.1) is 5.92 Å². The molecule has 2 fully saturated rings. The van der Waals surface area contributed by atoms with Crippen LogP contribution in [0, 0.1) is 17.8 Å². The minimum absolute atomic E-state index is 0.0383. The summed E-state index contributed by atoms with van der Waals surface area (Å²) in [4.78, 5) is 12.6. The molecule has 0 saturated heterocycles. The number of amides is 1. The van der Waals surface area contributed by atoms with Gasteiger partial charge in [-0.25, -0.2) is 0 Å². The molecule has 4 unspecified atom stereocenters. The maximum atomic E-state index is 12.6. The van der Waals surface area contributed by atoms with E-state index in [1.165, 1.54) is 38.5 Å². The van der Waals surface area contributed by atoms with Gasteiger partial charge in [-0.2, -0.15) is 0 Å². The summed E-state index contributed by atoms with van der Waals surface area (Å²) in [6, 6.07) is 0.417. The molecule has 1 amide bonds. The Kier molecular flexibility index (Phi) is 5.88. The van der Waals surface area contributed by atoms with Crippen molar-refractivity contribution in [3.05, 3.63) is 0 Å². The minimum Gasteiger partial charge on any atom is -0.353 e. The highest BCUT2D eigenvalue weighted by Crippen LogP contribution is 2.30. The first kappa shape index (κ1) is 15.8. The molecule has 0 aliphatic heterocycles. The Morgan fingerprint density at radius 2 is 1.85 bits per heavy atom. The lowest BCUT2D eigenvalue weighted by molar-refractivity contribution is -0.128. The molecule has 3 heteroatoms. The zero-order valence-corrected chi connectivity index (χ0v) is 13.2. The fourth-order valence-corrected chi connectivity index (χ4v) is 4.13. The first-order valence-electron chi connectivity index (χ1n) is 8.69. The Balaban J connectivity index is 1.90. The smallest absolute Gasteiger partial charge is 0.224 e. The van der Waals surface area contributed by atoms with Gasteiger partial charge >= 0.3 is 0 Å². The Hall–Kier alpha value is -0.570. The Morgan fingerprint density at radius 1 is 1.15 bits per heavy atom. The van der Waals surface area contributed by atoms with Crippen LogP contribution in [0.4, 0.5) is 0 Å². The van der Waals surface area contributed by atoms with Crippen molar-refractivity contribution in [2.24, 2.45) is 23.5 Å². The standard InChI is InChI=1S/C17H32N2O/c1-3-15(13-9-5-4-6-10-13)19-17(20)14-11-7-8-12(2)16(14)18/h12-16H,3-11,18H2,1-2H3,(H,19,20). The monoisotopic (exact) mass is 280 g/mol. The van der Waals surface area contributed by atoms with Gasteiger partial charge in [0, 0.05) is 12.1 Å². The van der Waals surface area contributed by atoms with E-state index in [1.54, 1.807) is 0 Å². The number of carbonyl (C=O) groups is 1. The van der Waals surface area contributed by atoms with Crippen molar-refractivity contribution in [3.63, 3.8) is 0 Å². The van der Waals surface area contributed by atoms with Gasteiger partial charge in [0.15, 0.2) is 0 Å². The zero-order chi connectivity index (χ0) is 14.5. The highest BCUT2D eigenvalue weighted by atomic mass is 16.2. The SMILES string of the molecule is CCC(NC(=O)C1CCCC(C)C1N)C1CCCCC1. The second kappa shape index (κ2) is 7.44. The second-order valence-corrected chi connectivity index (χ2v) is 7.01. The molecule has 0 aromatic carbocycles. The van der Waals surface area contributed by atoms with Crippen molar-refractivity contribution in [3.8, 4) is 0 Å². The summed E-state index contributed by atoms with van der Waals surface area (Å²) in [5.41, 5.74) is 6.26. The topological polar surface area (TPSA) is 55.1 Å². The van der Waals surface area contributed by atoms with E-state index < -0.39 is 0 Å². The van der Waals surface area contributed by atoms with Crippen LogP contribution in [-0.4, -0.2) is 18.0 Å². The predicted octanol–water partition coefficient (Wildman–Crippen LogP) is 3.23. The van der Waals surface area contributed by atoms with E-state index in [0.29, 0.717) is 17.9 Å². The van der Waals surface area contributed by atoms with E-state index in [1.807, 2.05) is 0 Å². The Bertz CT molecular complexity index is 312. The molecule has 2 aliphatic rings. The summed E-state index contributed by atoms with van der Waals surface area (Å²) < 4.78 is 0. The normalized spacial score (nSPS) is 33.6. The van der Waals surface area contributed by atoms with E-state index >= 15 is 0 Å². The highest BCUT2D eigenvalue weighted by Gasteiger charge is 2.34. The molecule has 2 rings (SSSR count). The lowest BCUT2D eigenvalue weighted by Gasteiger charge is -2.36. The van der Waals surface area contributed by atoms with Crippen molar-refractivity contribution in [1.82, 2.24) is 5.32 Å². The Labute approximate surface area is 124 Å². The lowest BCUT2D eigenvalue weighted by atomic mass is 9.77. The van der Waals surface area contributed by atoms with Crippen molar-refractivity contribution in [2.75, 3.05) is 0 Å². The van der Waals surface area contributed by atoms with Gasteiger partial charge in [-0.3, -0.25) is 4.79 Å². The van der Waals surface area contributed by atoms with E-state index in [0.717, 1.165) is 19.3 Å². The van der Waals surface area contributed by atoms with E-state index in [-0.39, 0.29) is 17.9 Å². The third kappa shape index (κ3) is 3.75. The number of hydrogen-bond donors (Lipinski definition) is 2. The Morgan fingerprint density at radius 3 is 2.50 bits per heavy atom. The molecular formula is C17H32N2O. The summed E-state index contributed by atoms with van der Waals surface area (Å²) in [6.45, 7) is 4.38. The summed E-state index contributed by atoms with van der Waals surface area (Å²) >= 11 is 0. The van der Waals surface area contributed by atoms with Gasteiger partial charge in [-0.05, 0) is 43.9 Å². The van der Waals surface area contributed by atoms with Gasteiger partial charge in [-0.15, -0.1) is 0 Å². The molecule has 3 N–H and O–H groups in total. The van der Waals surface area contributed by atoms with Gasteiger partial charge in [0.1, 0.15) is 0 Å². The van der Waals surface area contributed by atoms with Crippen LogP contribution in [0.2, 0.25) is 0 Å². The minimum atomic E-state index is 0.0383. The molecular weight excluding hydrogens is 248 g/mol. The van der Waals surface area contributed by atoms with Crippen LogP contribution < -0.4 is 11.1 Å². The first-order chi connectivity index (χ1) is 9.63. The average Bonchev–Trinajstić information content (AvgIpc) is 2.48. The van der Waals surface area contributed by atoms with Crippen molar-refractivity contribution in [1.29, 1.82) is 0 Å². The van der Waals surface area contributed by atoms with E-state index in [2.05, 4.69) is 19.2 Å². The fraction of sp³-hybridized carbons (Fsp3) is 0.941.